The highest BCUT2D eigenvalue weighted by atomic mass is 79.9. The lowest BCUT2D eigenvalue weighted by Crippen LogP contribution is -2.27. The SMILES string of the molecule is CC(NC1CCCc2ccccc21)c1cc(Br)cs1. The van der Waals surface area contributed by atoms with E-state index in [1.165, 1.54) is 39.7 Å². The van der Waals surface area contributed by atoms with E-state index in [-0.39, 0.29) is 0 Å². The Hall–Kier alpha value is -0.640. The van der Waals surface area contributed by atoms with Crippen LogP contribution in [0.1, 0.15) is 47.9 Å². The summed E-state index contributed by atoms with van der Waals surface area (Å²) in [5.74, 6) is 0. The summed E-state index contributed by atoms with van der Waals surface area (Å²) in [6, 6.07) is 12.0. The van der Waals surface area contributed by atoms with Crippen molar-refractivity contribution < 1.29 is 0 Å². The molecule has 0 radical (unpaired) electrons. The van der Waals surface area contributed by atoms with Crippen molar-refractivity contribution in [1.29, 1.82) is 0 Å². The summed E-state index contributed by atoms with van der Waals surface area (Å²) in [4.78, 5) is 1.40. The lowest BCUT2D eigenvalue weighted by Gasteiger charge is -2.29. The van der Waals surface area contributed by atoms with Crippen molar-refractivity contribution in [1.82, 2.24) is 5.32 Å². The molecule has 100 valence electrons. The second-order valence-corrected chi connectivity index (χ2v) is 7.06. The fourth-order valence-corrected chi connectivity index (χ4v) is 4.33. The van der Waals surface area contributed by atoms with E-state index in [1.54, 1.807) is 0 Å². The summed E-state index contributed by atoms with van der Waals surface area (Å²) in [6.07, 6.45) is 3.76. The quantitative estimate of drug-likeness (QED) is 0.808. The minimum absolute atomic E-state index is 0.410. The van der Waals surface area contributed by atoms with Crippen LogP contribution in [0.3, 0.4) is 0 Å². The summed E-state index contributed by atoms with van der Waals surface area (Å²) in [5, 5.41) is 5.95. The first kappa shape index (κ1) is 13.3. The van der Waals surface area contributed by atoms with Crippen LogP contribution in [0.2, 0.25) is 0 Å². The molecular formula is C16H18BrNS. The normalized spacial score (nSPS) is 20.0. The lowest BCUT2D eigenvalue weighted by molar-refractivity contribution is 0.418. The maximum absolute atomic E-state index is 3.79. The Morgan fingerprint density at radius 3 is 3.00 bits per heavy atom. The van der Waals surface area contributed by atoms with Gasteiger partial charge < -0.3 is 5.32 Å². The highest BCUT2D eigenvalue weighted by Gasteiger charge is 2.21. The monoisotopic (exact) mass is 335 g/mol. The first-order chi connectivity index (χ1) is 9.24. The third kappa shape index (κ3) is 2.93. The second kappa shape index (κ2) is 5.78. The first-order valence-electron chi connectivity index (χ1n) is 6.82. The molecule has 1 aliphatic carbocycles. The van der Waals surface area contributed by atoms with Crippen molar-refractivity contribution in [3.8, 4) is 0 Å². The Kier molecular flexibility index (Phi) is 4.06. The van der Waals surface area contributed by atoms with Crippen LogP contribution in [0, 0.1) is 0 Å². The largest absolute Gasteiger partial charge is 0.303 e. The van der Waals surface area contributed by atoms with Gasteiger partial charge in [-0.15, -0.1) is 11.3 Å². The van der Waals surface area contributed by atoms with Crippen LogP contribution in [0.25, 0.3) is 0 Å². The van der Waals surface area contributed by atoms with Gasteiger partial charge in [-0.05, 0) is 59.3 Å². The zero-order valence-corrected chi connectivity index (χ0v) is 13.4. The van der Waals surface area contributed by atoms with E-state index in [2.05, 4.69) is 63.9 Å². The van der Waals surface area contributed by atoms with Gasteiger partial charge in [0.25, 0.3) is 0 Å². The zero-order chi connectivity index (χ0) is 13.2. The van der Waals surface area contributed by atoms with Gasteiger partial charge in [-0.25, -0.2) is 0 Å². The van der Waals surface area contributed by atoms with Gasteiger partial charge in [-0.1, -0.05) is 24.3 Å². The highest BCUT2D eigenvalue weighted by Crippen LogP contribution is 2.33. The summed E-state index contributed by atoms with van der Waals surface area (Å²) in [5.41, 5.74) is 3.02. The molecule has 19 heavy (non-hydrogen) atoms. The molecule has 2 atom stereocenters. The number of nitrogens with one attached hydrogen (secondary N) is 1. The summed E-state index contributed by atoms with van der Waals surface area (Å²) < 4.78 is 1.19. The topological polar surface area (TPSA) is 12.0 Å². The molecule has 1 aromatic carbocycles. The van der Waals surface area contributed by atoms with E-state index < -0.39 is 0 Å². The molecule has 0 saturated heterocycles. The molecule has 1 nitrogen and oxygen atoms in total. The molecule has 2 unspecified atom stereocenters. The molecule has 0 spiro atoms. The fraction of sp³-hybridized carbons (Fsp3) is 0.375. The average molecular weight is 336 g/mol. The number of fused-ring (bicyclic) bond motifs is 1. The van der Waals surface area contributed by atoms with Crippen molar-refractivity contribution in [2.24, 2.45) is 0 Å². The number of aryl methyl sites for hydroxylation is 1. The molecular weight excluding hydrogens is 318 g/mol. The molecule has 3 heteroatoms. The standard InChI is InChI=1S/C16H18BrNS/c1-11(16-9-13(17)10-19-16)18-15-8-4-6-12-5-2-3-7-14(12)15/h2-3,5,7,9-11,15,18H,4,6,8H2,1H3. The maximum atomic E-state index is 3.79. The first-order valence-corrected chi connectivity index (χ1v) is 8.49. The molecule has 1 aliphatic rings. The van der Waals surface area contributed by atoms with Gasteiger partial charge in [0.05, 0.1) is 0 Å². The van der Waals surface area contributed by atoms with Crippen molar-refractivity contribution in [3.63, 3.8) is 0 Å². The van der Waals surface area contributed by atoms with E-state index in [9.17, 15) is 0 Å². The number of hydrogen-bond acceptors (Lipinski definition) is 2. The Morgan fingerprint density at radius 2 is 2.21 bits per heavy atom. The average Bonchev–Trinajstić information content (AvgIpc) is 2.86. The molecule has 0 saturated carbocycles. The highest BCUT2D eigenvalue weighted by molar-refractivity contribution is 9.10. The minimum atomic E-state index is 0.410. The van der Waals surface area contributed by atoms with Crippen molar-refractivity contribution >= 4 is 27.3 Å². The number of thiophene rings is 1. The molecule has 1 aromatic heterocycles. The smallest absolute Gasteiger partial charge is 0.0391 e. The molecule has 0 fully saturated rings. The number of hydrogen-bond donors (Lipinski definition) is 1. The van der Waals surface area contributed by atoms with Crippen LogP contribution < -0.4 is 5.32 Å². The Balaban J connectivity index is 1.77. The molecule has 2 aromatic rings. The number of benzene rings is 1. The van der Waals surface area contributed by atoms with E-state index in [0.29, 0.717) is 12.1 Å². The van der Waals surface area contributed by atoms with Crippen LogP contribution in [-0.2, 0) is 6.42 Å². The Labute approximate surface area is 127 Å². The summed E-state index contributed by atoms with van der Waals surface area (Å²) in [7, 11) is 0. The van der Waals surface area contributed by atoms with Gasteiger partial charge in [0.1, 0.15) is 0 Å². The molecule has 3 rings (SSSR count). The van der Waals surface area contributed by atoms with Crippen LogP contribution in [0.4, 0.5) is 0 Å². The number of halogens is 1. The molecule has 0 bridgehead atoms. The van der Waals surface area contributed by atoms with Crippen molar-refractivity contribution in [2.45, 2.75) is 38.3 Å². The lowest BCUT2D eigenvalue weighted by atomic mass is 9.87. The van der Waals surface area contributed by atoms with E-state index >= 15 is 0 Å². The zero-order valence-electron chi connectivity index (χ0n) is 11.0. The molecule has 1 N–H and O–H groups in total. The summed E-state index contributed by atoms with van der Waals surface area (Å²) >= 11 is 5.35. The van der Waals surface area contributed by atoms with Gasteiger partial charge in [-0.2, -0.15) is 0 Å². The Morgan fingerprint density at radius 1 is 1.37 bits per heavy atom. The molecule has 0 aliphatic heterocycles. The van der Waals surface area contributed by atoms with Gasteiger partial charge in [0.15, 0.2) is 0 Å². The van der Waals surface area contributed by atoms with Gasteiger partial charge in [-0.3, -0.25) is 0 Å². The van der Waals surface area contributed by atoms with Crippen molar-refractivity contribution in [2.75, 3.05) is 0 Å². The molecule has 0 amide bonds. The number of rotatable bonds is 3. The minimum Gasteiger partial charge on any atom is -0.303 e. The summed E-state index contributed by atoms with van der Waals surface area (Å²) in [6.45, 7) is 2.26. The van der Waals surface area contributed by atoms with E-state index in [0.717, 1.165) is 0 Å². The fourth-order valence-electron chi connectivity index (χ4n) is 2.87. The van der Waals surface area contributed by atoms with Gasteiger partial charge in [0.2, 0.25) is 0 Å². The predicted octanol–water partition coefficient (Wildman–Crippen LogP) is 5.24. The second-order valence-electron chi connectivity index (χ2n) is 5.20. The van der Waals surface area contributed by atoms with E-state index in [1.807, 2.05) is 11.3 Å². The van der Waals surface area contributed by atoms with Gasteiger partial charge in [0, 0.05) is 26.8 Å². The van der Waals surface area contributed by atoms with Crippen LogP contribution >= 0.6 is 27.3 Å². The third-order valence-electron chi connectivity index (χ3n) is 3.84. The Bertz CT molecular complexity index is 563. The van der Waals surface area contributed by atoms with E-state index in [4.69, 9.17) is 0 Å². The molecule has 1 heterocycles. The van der Waals surface area contributed by atoms with Gasteiger partial charge >= 0.3 is 0 Å². The van der Waals surface area contributed by atoms with Crippen LogP contribution in [0.5, 0.6) is 0 Å². The van der Waals surface area contributed by atoms with Crippen LogP contribution in [-0.4, -0.2) is 0 Å². The van der Waals surface area contributed by atoms with Crippen molar-refractivity contribution in [3.05, 3.63) is 56.2 Å². The third-order valence-corrected chi connectivity index (χ3v) is 5.71. The predicted molar refractivity (Wildman–Crippen MR) is 85.7 cm³/mol. The van der Waals surface area contributed by atoms with Crippen LogP contribution in [0.15, 0.2) is 40.2 Å². The maximum Gasteiger partial charge on any atom is 0.0391 e.